The number of non-ortho nitro benzene ring substituents is 1. The number of nitrogens with zero attached hydrogens (tertiary/aromatic N) is 4. The molecule has 0 unspecified atom stereocenters. The highest BCUT2D eigenvalue weighted by Crippen LogP contribution is 2.22. The van der Waals surface area contributed by atoms with Gasteiger partial charge >= 0.3 is 0 Å². The van der Waals surface area contributed by atoms with Gasteiger partial charge in [0.05, 0.1) is 26.9 Å². The Labute approximate surface area is 134 Å². The molecule has 24 heavy (non-hydrogen) atoms. The number of aromatic nitrogens is 4. The molecule has 3 heterocycles. The van der Waals surface area contributed by atoms with Crippen LogP contribution >= 0.6 is 0 Å². The average Bonchev–Trinajstić information content (AvgIpc) is 2.92. The Balaban J connectivity index is 2.11. The molecule has 0 amide bonds. The van der Waals surface area contributed by atoms with Gasteiger partial charge in [0.2, 0.25) is 5.43 Å². The molecular weight excluding hydrogens is 310 g/mol. The Morgan fingerprint density at radius 3 is 2.79 bits per heavy atom. The van der Waals surface area contributed by atoms with Crippen molar-refractivity contribution in [2.24, 2.45) is 0 Å². The van der Waals surface area contributed by atoms with Crippen LogP contribution in [0, 0.1) is 17.0 Å². The summed E-state index contributed by atoms with van der Waals surface area (Å²) in [6.07, 6.45) is 1.64. The minimum absolute atomic E-state index is 0.123. The number of nitrogens with one attached hydrogen (secondary N) is 1. The monoisotopic (exact) mass is 321 g/mol. The summed E-state index contributed by atoms with van der Waals surface area (Å²) in [6.45, 7) is 1.72. The zero-order chi connectivity index (χ0) is 16.8. The number of fused-ring (bicyclic) bond motifs is 2. The summed E-state index contributed by atoms with van der Waals surface area (Å²) < 4.78 is 1.56. The van der Waals surface area contributed by atoms with Gasteiger partial charge in [-0.2, -0.15) is 9.78 Å². The van der Waals surface area contributed by atoms with E-state index in [-0.39, 0.29) is 16.5 Å². The zero-order valence-corrected chi connectivity index (χ0v) is 12.6. The molecule has 0 fully saturated rings. The van der Waals surface area contributed by atoms with Gasteiger partial charge < -0.3 is 4.98 Å². The first-order chi connectivity index (χ1) is 11.6. The minimum atomic E-state index is -0.521. The molecule has 0 bridgehead atoms. The molecule has 4 rings (SSSR count). The van der Waals surface area contributed by atoms with Crippen molar-refractivity contribution in [1.29, 1.82) is 0 Å². The first-order valence-corrected chi connectivity index (χ1v) is 7.17. The lowest BCUT2D eigenvalue weighted by Crippen LogP contribution is -2.06. The van der Waals surface area contributed by atoms with Gasteiger partial charge in [-0.1, -0.05) is 6.07 Å². The van der Waals surface area contributed by atoms with E-state index >= 15 is 0 Å². The smallest absolute Gasteiger partial charge is 0.270 e. The highest BCUT2D eigenvalue weighted by atomic mass is 16.6. The Morgan fingerprint density at radius 2 is 2.08 bits per heavy atom. The van der Waals surface area contributed by atoms with Gasteiger partial charge in [0.15, 0.2) is 5.82 Å². The van der Waals surface area contributed by atoms with Gasteiger partial charge in [0.25, 0.3) is 5.69 Å². The van der Waals surface area contributed by atoms with Gasteiger partial charge in [0, 0.05) is 18.3 Å². The van der Waals surface area contributed by atoms with Crippen molar-refractivity contribution < 1.29 is 4.92 Å². The Morgan fingerprint density at radius 1 is 1.25 bits per heavy atom. The summed E-state index contributed by atoms with van der Waals surface area (Å²) in [7, 11) is 0. The fraction of sp³-hybridized carbons (Fsp3) is 0.0625. The predicted molar refractivity (Wildman–Crippen MR) is 88.4 cm³/mol. The molecule has 0 spiro atoms. The van der Waals surface area contributed by atoms with Gasteiger partial charge in [-0.25, -0.2) is 4.98 Å². The molecular formula is C16H11N5O3. The summed E-state index contributed by atoms with van der Waals surface area (Å²) in [5.41, 5.74) is 1.14. The third-order valence-corrected chi connectivity index (χ3v) is 3.87. The van der Waals surface area contributed by atoms with Crippen LogP contribution in [0.25, 0.3) is 27.8 Å². The van der Waals surface area contributed by atoms with Crippen molar-refractivity contribution in [1.82, 2.24) is 19.7 Å². The third-order valence-electron chi connectivity index (χ3n) is 3.87. The number of pyridine rings is 2. The predicted octanol–water partition coefficient (Wildman–Crippen LogP) is 2.48. The lowest BCUT2D eigenvalue weighted by Gasteiger charge is -2.03. The summed E-state index contributed by atoms with van der Waals surface area (Å²) in [4.78, 5) is 30.6. The summed E-state index contributed by atoms with van der Waals surface area (Å²) in [5, 5.41) is 16.0. The molecule has 8 nitrogen and oxygen atoms in total. The van der Waals surface area contributed by atoms with Crippen molar-refractivity contribution in [3.05, 3.63) is 68.6 Å². The SMILES string of the molecule is Cc1nn(-c2ccccn2)c2[nH]c3ccc([N+](=O)[O-])cc3c(=O)c12. The van der Waals surface area contributed by atoms with Gasteiger partial charge in [-0.3, -0.25) is 14.9 Å². The van der Waals surface area contributed by atoms with Crippen LogP contribution in [0.4, 0.5) is 5.69 Å². The molecule has 0 aliphatic rings. The Hall–Kier alpha value is -3.55. The first kappa shape index (κ1) is 14.1. The standard InChI is InChI=1S/C16H11N5O3/c1-9-14-15(22)11-8-10(21(23)24)5-6-12(11)18-16(14)20(19-9)13-4-2-3-7-17-13/h2-8H,1H3,(H,18,22). The number of benzene rings is 1. The number of rotatable bonds is 2. The zero-order valence-electron chi connectivity index (χ0n) is 12.6. The van der Waals surface area contributed by atoms with E-state index < -0.39 is 4.92 Å². The average molecular weight is 321 g/mol. The van der Waals surface area contributed by atoms with E-state index in [4.69, 9.17) is 0 Å². The number of aromatic amines is 1. The number of H-pyrrole nitrogens is 1. The van der Waals surface area contributed by atoms with E-state index in [2.05, 4.69) is 15.1 Å². The highest BCUT2D eigenvalue weighted by Gasteiger charge is 2.17. The molecule has 0 aliphatic carbocycles. The number of nitro groups is 1. The molecule has 1 aromatic carbocycles. The second-order valence-corrected chi connectivity index (χ2v) is 5.35. The van der Waals surface area contributed by atoms with Crippen LogP contribution in [0.2, 0.25) is 0 Å². The normalized spacial score (nSPS) is 11.2. The van der Waals surface area contributed by atoms with Crippen molar-refractivity contribution in [3.8, 4) is 5.82 Å². The third kappa shape index (κ3) is 1.97. The second kappa shape index (κ2) is 4.98. The van der Waals surface area contributed by atoms with E-state index in [9.17, 15) is 14.9 Å². The van der Waals surface area contributed by atoms with Gasteiger partial charge in [-0.05, 0) is 25.1 Å². The highest BCUT2D eigenvalue weighted by molar-refractivity contribution is 5.93. The van der Waals surface area contributed by atoms with Crippen molar-refractivity contribution >= 4 is 27.6 Å². The second-order valence-electron chi connectivity index (χ2n) is 5.35. The van der Waals surface area contributed by atoms with E-state index in [1.807, 2.05) is 6.07 Å². The molecule has 0 saturated heterocycles. The number of hydrogen-bond acceptors (Lipinski definition) is 5. The van der Waals surface area contributed by atoms with Crippen LogP contribution in [0.5, 0.6) is 0 Å². The van der Waals surface area contributed by atoms with E-state index in [0.717, 1.165) is 0 Å². The van der Waals surface area contributed by atoms with Gasteiger partial charge in [-0.15, -0.1) is 0 Å². The number of aryl methyl sites for hydroxylation is 1. The summed E-state index contributed by atoms with van der Waals surface area (Å²) in [6, 6.07) is 9.57. The summed E-state index contributed by atoms with van der Waals surface area (Å²) >= 11 is 0. The minimum Gasteiger partial charge on any atom is -0.339 e. The molecule has 4 aromatic rings. The number of hydrogen-bond donors (Lipinski definition) is 1. The Bertz CT molecular complexity index is 1160. The largest absolute Gasteiger partial charge is 0.339 e. The van der Waals surface area contributed by atoms with Crippen molar-refractivity contribution in [2.75, 3.05) is 0 Å². The molecule has 0 radical (unpaired) electrons. The van der Waals surface area contributed by atoms with Crippen LogP contribution < -0.4 is 5.43 Å². The maximum atomic E-state index is 12.8. The first-order valence-electron chi connectivity index (χ1n) is 7.17. The van der Waals surface area contributed by atoms with Crippen LogP contribution in [0.15, 0.2) is 47.4 Å². The lowest BCUT2D eigenvalue weighted by molar-refractivity contribution is -0.384. The van der Waals surface area contributed by atoms with Gasteiger partial charge in [0.1, 0.15) is 5.65 Å². The quantitative estimate of drug-likeness (QED) is 0.451. The van der Waals surface area contributed by atoms with E-state index in [1.165, 1.54) is 18.2 Å². The van der Waals surface area contributed by atoms with Crippen LogP contribution in [-0.4, -0.2) is 24.7 Å². The fourth-order valence-corrected chi connectivity index (χ4v) is 2.76. The van der Waals surface area contributed by atoms with Crippen molar-refractivity contribution in [2.45, 2.75) is 6.92 Å². The number of nitro benzene ring substituents is 1. The maximum absolute atomic E-state index is 12.8. The maximum Gasteiger partial charge on any atom is 0.270 e. The fourth-order valence-electron chi connectivity index (χ4n) is 2.76. The van der Waals surface area contributed by atoms with Crippen LogP contribution in [-0.2, 0) is 0 Å². The molecule has 8 heteroatoms. The molecule has 0 aliphatic heterocycles. The molecule has 0 saturated carbocycles. The molecule has 0 atom stereocenters. The molecule has 118 valence electrons. The van der Waals surface area contributed by atoms with Crippen LogP contribution in [0.3, 0.4) is 0 Å². The topological polar surface area (TPSA) is 107 Å². The van der Waals surface area contributed by atoms with Crippen LogP contribution in [0.1, 0.15) is 5.69 Å². The summed E-state index contributed by atoms with van der Waals surface area (Å²) in [5.74, 6) is 0.576. The van der Waals surface area contributed by atoms with E-state index in [0.29, 0.717) is 28.1 Å². The molecule has 1 N–H and O–H groups in total. The van der Waals surface area contributed by atoms with Crippen molar-refractivity contribution in [3.63, 3.8) is 0 Å². The van der Waals surface area contributed by atoms with E-state index in [1.54, 1.807) is 29.9 Å². The lowest BCUT2D eigenvalue weighted by atomic mass is 10.1. The molecule has 3 aromatic heterocycles. The Kier molecular flexibility index (Phi) is 2.92.